The topological polar surface area (TPSA) is 107 Å². The van der Waals surface area contributed by atoms with Gasteiger partial charge in [-0.3, -0.25) is 19.7 Å². The summed E-state index contributed by atoms with van der Waals surface area (Å²) in [6, 6.07) is 8.84. The van der Waals surface area contributed by atoms with Crippen LogP contribution < -0.4 is 5.73 Å². The standard InChI is InChI=1S/C15H15N3O4S/c1-9(10-4-3-5-11(8-10)18(21)22)17(2)15(20)13-7-6-12(23-13)14(16)19/h3-9H,1-2H3,(H2,16,19)/t9-/m1/s1. The van der Waals surface area contributed by atoms with Gasteiger partial charge in [0.1, 0.15) is 0 Å². The van der Waals surface area contributed by atoms with E-state index >= 15 is 0 Å². The van der Waals surface area contributed by atoms with Gasteiger partial charge in [-0.05, 0) is 24.6 Å². The summed E-state index contributed by atoms with van der Waals surface area (Å²) in [6.07, 6.45) is 0. The minimum absolute atomic E-state index is 0.0256. The van der Waals surface area contributed by atoms with Crippen LogP contribution in [0, 0.1) is 10.1 Å². The van der Waals surface area contributed by atoms with Crippen LogP contribution in [0.15, 0.2) is 36.4 Å². The molecule has 7 nitrogen and oxygen atoms in total. The van der Waals surface area contributed by atoms with Crippen molar-refractivity contribution in [3.8, 4) is 0 Å². The van der Waals surface area contributed by atoms with Crippen LogP contribution in [0.25, 0.3) is 0 Å². The monoisotopic (exact) mass is 333 g/mol. The zero-order valence-electron chi connectivity index (χ0n) is 12.6. The van der Waals surface area contributed by atoms with E-state index in [0.717, 1.165) is 11.3 Å². The highest BCUT2D eigenvalue weighted by molar-refractivity contribution is 7.15. The highest BCUT2D eigenvalue weighted by atomic mass is 32.1. The number of amides is 2. The summed E-state index contributed by atoms with van der Waals surface area (Å²) in [5, 5.41) is 10.9. The molecule has 23 heavy (non-hydrogen) atoms. The number of primary amides is 1. The van der Waals surface area contributed by atoms with Gasteiger partial charge in [0.15, 0.2) is 0 Å². The van der Waals surface area contributed by atoms with E-state index in [4.69, 9.17) is 5.73 Å². The van der Waals surface area contributed by atoms with E-state index in [1.165, 1.54) is 23.1 Å². The Morgan fingerprint density at radius 1 is 1.26 bits per heavy atom. The molecule has 1 aromatic heterocycles. The fourth-order valence-corrected chi connectivity index (χ4v) is 2.90. The predicted octanol–water partition coefficient (Wildman–Crippen LogP) is 2.59. The molecule has 2 aromatic rings. The van der Waals surface area contributed by atoms with Gasteiger partial charge < -0.3 is 10.6 Å². The molecule has 0 saturated heterocycles. The van der Waals surface area contributed by atoms with Gasteiger partial charge in [0.2, 0.25) is 0 Å². The Kier molecular flexibility index (Phi) is 4.75. The number of carbonyl (C=O) groups excluding carboxylic acids is 2. The van der Waals surface area contributed by atoms with Gasteiger partial charge in [-0.1, -0.05) is 12.1 Å². The number of nitro benzene ring substituents is 1. The fourth-order valence-electron chi connectivity index (χ4n) is 2.06. The minimum Gasteiger partial charge on any atom is -0.365 e. The maximum absolute atomic E-state index is 12.5. The molecule has 2 N–H and O–H groups in total. The average Bonchev–Trinajstić information content (AvgIpc) is 3.03. The van der Waals surface area contributed by atoms with E-state index in [9.17, 15) is 19.7 Å². The Hall–Kier alpha value is -2.74. The Balaban J connectivity index is 2.22. The van der Waals surface area contributed by atoms with Crippen LogP contribution in [0.1, 0.15) is 37.9 Å². The first kappa shape index (κ1) is 16.6. The van der Waals surface area contributed by atoms with Crippen LogP contribution in [-0.2, 0) is 0 Å². The summed E-state index contributed by atoms with van der Waals surface area (Å²) >= 11 is 1.02. The zero-order valence-corrected chi connectivity index (χ0v) is 13.4. The average molecular weight is 333 g/mol. The summed E-state index contributed by atoms with van der Waals surface area (Å²) in [7, 11) is 1.61. The second kappa shape index (κ2) is 6.57. The van der Waals surface area contributed by atoms with Gasteiger partial charge in [0.25, 0.3) is 17.5 Å². The Morgan fingerprint density at radius 3 is 2.48 bits per heavy atom. The van der Waals surface area contributed by atoms with Crippen molar-refractivity contribution in [2.75, 3.05) is 7.05 Å². The molecule has 8 heteroatoms. The molecule has 0 radical (unpaired) electrons. The van der Waals surface area contributed by atoms with E-state index in [1.807, 2.05) is 0 Å². The molecule has 0 saturated carbocycles. The van der Waals surface area contributed by atoms with E-state index < -0.39 is 10.8 Å². The minimum atomic E-state index is -0.580. The molecular formula is C15H15N3O4S. The molecule has 0 aliphatic carbocycles. The number of hydrogen-bond acceptors (Lipinski definition) is 5. The highest BCUT2D eigenvalue weighted by Crippen LogP contribution is 2.26. The number of nitrogens with two attached hydrogens (primary N) is 1. The van der Waals surface area contributed by atoms with Crippen molar-refractivity contribution in [2.45, 2.75) is 13.0 Å². The number of nitro groups is 1. The largest absolute Gasteiger partial charge is 0.365 e. The Labute approximate surface area is 136 Å². The van der Waals surface area contributed by atoms with Crippen molar-refractivity contribution < 1.29 is 14.5 Å². The van der Waals surface area contributed by atoms with Gasteiger partial charge in [0.05, 0.1) is 20.7 Å². The Bertz CT molecular complexity index is 772. The van der Waals surface area contributed by atoms with Crippen molar-refractivity contribution in [1.29, 1.82) is 0 Å². The third kappa shape index (κ3) is 3.54. The van der Waals surface area contributed by atoms with Gasteiger partial charge in [0, 0.05) is 19.2 Å². The number of rotatable bonds is 5. The first-order valence-electron chi connectivity index (χ1n) is 6.72. The molecule has 0 unspecified atom stereocenters. The number of benzene rings is 1. The predicted molar refractivity (Wildman–Crippen MR) is 86.4 cm³/mol. The van der Waals surface area contributed by atoms with Crippen LogP contribution in [0.3, 0.4) is 0 Å². The Morgan fingerprint density at radius 2 is 1.91 bits per heavy atom. The van der Waals surface area contributed by atoms with E-state index in [1.54, 1.807) is 32.2 Å². The van der Waals surface area contributed by atoms with E-state index in [0.29, 0.717) is 15.3 Å². The van der Waals surface area contributed by atoms with E-state index in [2.05, 4.69) is 0 Å². The molecule has 0 aliphatic heterocycles. The lowest BCUT2D eigenvalue weighted by atomic mass is 10.1. The van der Waals surface area contributed by atoms with Crippen LogP contribution in [0.4, 0.5) is 5.69 Å². The quantitative estimate of drug-likeness (QED) is 0.670. The van der Waals surface area contributed by atoms with Gasteiger partial charge >= 0.3 is 0 Å². The highest BCUT2D eigenvalue weighted by Gasteiger charge is 2.22. The zero-order chi connectivity index (χ0) is 17.1. The van der Waals surface area contributed by atoms with Crippen LogP contribution in [0.5, 0.6) is 0 Å². The summed E-state index contributed by atoms with van der Waals surface area (Å²) in [5.74, 6) is -0.857. The lowest BCUT2D eigenvalue weighted by molar-refractivity contribution is -0.384. The fraction of sp³-hybridized carbons (Fsp3) is 0.200. The van der Waals surface area contributed by atoms with Crippen molar-refractivity contribution in [3.63, 3.8) is 0 Å². The third-order valence-corrected chi connectivity index (χ3v) is 4.61. The number of thiophene rings is 1. The van der Waals surface area contributed by atoms with Crippen LogP contribution in [0.2, 0.25) is 0 Å². The van der Waals surface area contributed by atoms with Crippen LogP contribution in [-0.4, -0.2) is 28.7 Å². The molecule has 0 bridgehead atoms. The first-order valence-corrected chi connectivity index (χ1v) is 7.54. The lowest BCUT2D eigenvalue weighted by Gasteiger charge is -2.24. The molecule has 120 valence electrons. The van der Waals surface area contributed by atoms with Crippen molar-refractivity contribution in [1.82, 2.24) is 4.90 Å². The lowest BCUT2D eigenvalue weighted by Crippen LogP contribution is -2.29. The summed E-state index contributed by atoms with van der Waals surface area (Å²) in [5.41, 5.74) is 5.81. The molecule has 0 fully saturated rings. The number of carbonyl (C=O) groups is 2. The smallest absolute Gasteiger partial charge is 0.269 e. The second-order valence-electron chi connectivity index (χ2n) is 4.97. The molecule has 1 heterocycles. The summed E-state index contributed by atoms with van der Waals surface area (Å²) in [4.78, 5) is 36.1. The summed E-state index contributed by atoms with van der Waals surface area (Å²) in [6.45, 7) is 1.78. The molecule has 0 spiro atoms. The van der Waals surface area contributed by atoms with Crippen molar-refractivity contribution in [2.24, 2.45) is 5.73 Å². The SMILES string of the molecule is C[C@H](c1cccc([N+](=O)[O-])c1)N(C)C(=O)c1ccc(C(N)=O)s1. The molecule has 2 amide bonds. The van der Waals surface area contributed by atoms with Crippen molar-refractivity contribution in [3.05, 3.63) is 61.8 Å². The molecule has 1 aromatic carbocycles. The normalized spacial score (nSPS) is 11.7. The second-order valence-corrected chi connectivity index (χ2v) is 6.06. The molecule has 0 aliphatic rings. The summed E-state index contributed by atoms with van der Waals surface area (Å²) < 4.78 is 0. The first-order chi connectivity index (χ1) is 10.8. The maximum Gasteiger partial charge on any atom is 0.269 e. The van der Waals surface area contributed by atoms with Crippen molar-refractivity contribution >= 4 is 28.8 Å². The third-order valence-electron chi connectivity index (χ3n) is 3.52. The molecular weight excluding hydrogens is 318 g/mol. The van der Waals surface area contributed by atoms with Gasteiger partial charge in [-0.15, -0.1) is 11.3 Å². The van der Waals surface area contributed by atoms with Gasteiger partial charge in [-0.25, -0.2) is 0 Å². The maximum atomic E-state index is 12.5. The number of non-ortho nitro benzene ring substituents is 1. The number of hydrogen-bond donors (Lipinski definition) is 1. The van der Waals surface area contributed by atoms with Crippen LogP contribution >= 0.6 is 11.3 Å². The van der Waals surface area contributed by atoms with E-state index in [-0.39, 0.29) is 17.6 Å². The van der Waals surface area contributed by atoms with Gasteiger partial charge in [-0.2, -0.15) is 0 Å². The number of nitrogens with zero attached hydrogens (tertiary/aromatic N) is 2. The molecule has 2 rings (SSSR count). The molecule has 1 atom stereocenters.